The first-order valence-electron chi connectivity index (χ1n) is 6.00. The van der Waals surface area contributed by atoms with Gasteiger partial charge in [0.2, 0.25) is 11.2 Å². The number of H-pyrrole nitrogens is 1. The molecule has 7 nitrogen and oxygen atoms in total. The van der Waals surface area contributed by atoms with E-state index in [4.69, 9.17) is 11.6 Å². The number of fused-ring (bicyclic) bond motifs is 1. The molecule has 0 aromatic carbocycles. The summed E-state index contributed by atoms with van der Waals surface area (Å²) in [5.41, 5.74) is 0.583. The Balaban J connectivity index is 2.03. The zero-order valence-corrected chi connectivity index (χ0v) is 11.2. The number of nitrogens with zero attached hydrogens (tertiary/aromatic N) is 5. The molecule has 1 aliphatic rings. The fourth-order valence-electron chi connectivity index (χ4n) is 2.20. The second-order valence-corrected chi connectivity index (χ2v) is 4.88. The molecule has 1 N–H and O–H groups in total. The number of amides is 1. The third-order valence-electron chi connectivity index (χ3n) is 3.24. The Hall–Kier alpha value is -1.89. The molecular weight excluding hydrogens is 268 g/mol. The number of aromatic nitrogens is 4. The average molecular weight is 281 g/mol. The molecular formula is C11H13ClN6O. The zero-order chi connectivity index (χ0) is 13.4. The molecule has 0 bridgehead atoms. The highest BCUT2D eigenvalue weighted by molar-refractivity contribution is 6.28. The number of likely N-dealkylation sites (N-methyl/N-ethyl adjacent to an activating group) is 1. The quantitative estimate of drug-likeness (QED) is 0.777. The van der Waals surface area contributed by atoms with E-state index in [1.165, 1.54) is 0 Å². The number of carbonyl (C=O) groups is 1. The lowest BCUT2D eigenvalue weighted by molar-refractivity contribution is -0.127. The summed E-state index contributed by atoms with van der Waals surface area (Å²) >= 11 is 5.91. The van der Waals surface area contributed by atoms with Gasteiger partial charge in [-0.25, -0.2) is 0 Å². The molecule has 1 aliphatic heterocycles. The maximum absolute atomic E-state index is 11.9. The van der Waals surface area contributed by atoms with Crippen LogP contribution in [0.25, 0.3) is 11.0 Å². The maximum Gasteiger partial charge on any atom is 0.241 e. The van der Waals surface area contributed by atoms with Crippen LogP contribution in [0, 0.1) is 0 Å². The molecule has 1 fully saturated rings. The predicted octanol–water partition coefficient (Wildman–Crippen LogP) is 0.675. The lowest BCUT2D eigenvalue weighted by Gasteiger charge is -2.21. The topological polar surface area (TPSA) is 78.0 Å². The van der Waals surface area contributed by atoms with Crippen LogP contribution in [0.4, 0.5) is 5.82 Å². The minimum atomic E-state index is 0.0730. The zero-order valence-electron chi connectivity index (χ0n) is 10.4. The number of halogens is 1. The molecule has 100 valence electrons. The third-order valence-corrected chi connectivity index (χ3v) is 3.40. The van der Waals surface area contributed by atoms with Gasteiger partial charge in [-0.05, 0) is 18.0 Å². The van der Waals surface area contributed by atoms with E-state index >= 15 is 0 Å². The van der Waals surface area contributed by atoms with Crippen molar-refractivity contribution in [1.29, 1.82) is 0 Å². The van der Waals surface area contributed by atoms with Gasteiger partial charge in [0, 0.05) is 20.1 Å². The van der Waals surface area contributed by atoms with Crippen molar-refractivity contribution >= 4 is 34.4 Å². The van der Waals surface area contributed by atoms with E-state index < -0.39 is 0 Å². The summed E-state index contributed by atoms with van der Waals surface area (Å²) < 4.78 is 0. The molecule has 0 saturated carbocycles. The molecule has 0 atom stereocenters. The summed E-state index contributed by atoms with van der Waals surface area (Å²) in [5.74, 6) is 0.733. The maximum atomic E-state index is 11.9. The van der Waals surface area contributed by atoms with Gasteiger partial charge in [-0.15, -0.1) is 0 Å². The van der Waals surface area contributed by atoms with Crippen LogP contribution in [-0.4, -0.2) is 57.7 Å². The van der Waals surface area contributed by atoms with Crippen molar-refractivity contribution in [3.8, 4) is 0 Å². The lowest BCUT2D eigenvalue weighted by atomic mass is 10.3. The van der Waals surface area contributed by atoms with E-state index in [0.717, 1.165) is 24.9 Å². The van der Waals surface area contributed by atoms with Crippen LogP contribution in [0.2, 0.25) is 5.28 Å². The van der Waals surface area contributed by atoms with Crippen molar-refractivity contribution in [3.05, 3.63) is 11.5 Å². The summed E-state index contributed by atoms with van der Waals surface area (Å²) in [6.45, 7) is 1.80. The van der Waals surface area contributed by atoms with Crippen LogP contribution in [-0.2, 0) is 4.79 Å². The molecule has 1 saturated heterocycles. The third kappa shape index (κ3) is 2.21. The van der Waals surface area contributed by atoms with Crippen molar-refractivity contribution in [2.45, 2.75) is 6.42 Å². The van der Waals surface area contributed by atoms with Gasteiger partial charge >= 0.3 is 0 Å². The smallest absolute Gasteiger partial charge is 0.241 e. The van der Waals surface area contributed by atoms with Gasteiger partial charge in [0.1, 0.15) is 5.82 Å². The summed E-state index contributed by atoms with van der Waals surface area (Å²) in [6.07, 6.45) is 2.54. The molecule has 0 radical (unpaired) electrons. The second kappa shape index (κ2) is 4.65. The normalized spacial score (nSPS) is 17.1. The fourth-order valence-corrected chi connectivity index (χ4v) is 2.37. The van der Waals surface area contributed by atoms with E-state index in [1.807, 2.05) is 11.9 Å². The second-order valence-electron chi connectivity index (χ2n) is 4.54. The van der Waals surface area contributed by atoms with Crippen LogP contribution in [0.1, 0.15) is 6.42 Å². The van der Waals surface area contributed by atoms with Gasteiger partial charge in [-0.1, -0.05) is 0 Å². The van der Waals surface area contributed by atoms with Gasteiger partial charge in [0.05, 0.1) is 18.1 Å². The molecule has 3 rings (SSSR count). The molecule has 19 heavy (non-hydrogen) atoms. The van der Waals surface area contributed by atoms with Crippen molar-refractivity contribution in [2.75, 3.05) is 31.6 Å². The molecule has 0 aliphatic carbocycles. The molecule has 3 heterocycles. The van der Waals surface area contributed by atoms with E-state index in [1.54, 1.807) is 11.1 Å². The van der Waals surface area contributed by atoms with Gasteiger partial charge in [0.25, 0.3) is 0 Å². The SMILES string of the molecule is CN1CCCN(c2nc(Cl)nc3[nH]ncc23)CC1=O. The number of hydrogen-bond donors (Lipinski definition) is 1. The largest absolute Gasteiger partial charge is 0.346 e. The molecule has 1 amide bonds. The summed E-state index contributed by atoms with van der Waals surface area (Å²) in [4.78, 5) is 23.9. The Morgan fingerprint density at radius 2 is 2.21 bits per heavy atom. The molecule has 0 spiro atoms. The summed E-state index contributed by atoms with van der Waals surface area (Å²) in [6, 6.07) is 0. The number of hydrogen-bond acceptors (Lipinski definition) is 5. The summed E-state index contributed by atoms with van der Waals surface area (Å²) in [7, 11) is 1.81. The number of anilines is 1. The minimum Gasteiger partial charge on any atom is -0.346 e. The minimum absolute atomic E-state index is 0.0730. The lowest BCUT2D eigenvalue weighted by Crippen LogP contribution is -2.34. The van der Waals surface area contributed by atoms with Crippen molar-refractivity contribution in [1.82, 2.24) is 25.1 Å². The Labute approximate surface area is 114 Å². The van der Waals surface area contributed by atoms with Crippen molar-refractivity contribution in [2.24, 2.45) is 0 Å². The highest BCUT2D eigenvalue weighted by Gasteiger charge is 2.22. The molecule has 0 unspecified atom stereocenters. The number of carbonyl (C=O) groups excluding carboxylic acids is 1. The average Bonchev–Trinajstić information content (AvgIpc) is 2.77. The van der Waals surface area contributed by atoms with Crippen LogP contribution >= 0.6 is 11.6 Å². The fraction of sp³-hybridized carbons (Fsp3) is 0.455. The van der Waals surface area contributed by atoms with Crippen LogP contribution in [0.3, 0.4) is 0 Å². The Morgan fingerprint density at radius 3 is 3.05 bits per heavy atom. The Bertz CT molecular complexity index is 627. The standard InChI is InChI=1S/C11H13ClN6O/c1-17-3-2-4-18(6-8(17)19)10-7-5-13-16-9(7)14-11(12)15-10/h5H,2-4,6H2,1H3,(H,13,14,15,16). The van der Waals surface area contributed by atoms with E-state index in [9.17, 15) is 4.79 Å². The monoisotopic (exact) mass is 280 g/mol. The van der Waals surface area contributed by atoms with Gasteiger partial charge < -0.3 is 9.80 Å². The molecule has 2 aromatic heterocycles. The first kappa shape index (κ1) is 12.2. The predicted molar refractivity (Wildman–Crippen MR) is 71.2 cm³/mol. The van der Waals surface area contributed by atoms with Gasteiger partial charge in [-0.2, -0.15) is 15.1 Å². The number of nitrogens with one attached hydrogen (secondary N) is 1. The van der Waals surface area contributed by atoms with Crippen molar-refractivity contribution in [3.63, 3.8) is 0 Å². The first-order chi connectivity index (χ1) is 9.15. The number of rotatable bonds is 1. The Kier molecular flexibility index (Phi) is 2.98. The van der Waals surface area contributed by atoms with Crippen molar-refractivity contribution < 1.29 is 4.79 Å². The molecule has 2 aromatic rings. The first-order valence-corrected chi connectivity index (χ1v) is 6.38. The number of aromatic amines is 1. The van der Waals surface area contributed by atoms with E-state index in [-0.39, 0.29) is 11.2 Å². The van der Waals surface area contributed by atoms with E-state index in [0.29, 0.717) is 18.0 Å². The van der Waals surface area contributed by atoms with Crippen LogP contribution in [0.5, 0.6) is 0 Å². The van der Waals surface area contributed by atoms with E-state index in [2.05, 4.69) is 20.2 Å². The molecule has 8 heteroatoms. The van der Waals surface area contributed by atoms with Gasteiger partial charge in [0.15, 0.2) is 5.65 Å². The van der Waals surface area contributed by atoms with Crippen LogP contribution in [0.15, 0.2) is 6.20 Å². The summed E-state index contributed by atoms with van der Waals surface area (Å²) in [5, 5.41) is 7.64. The van der Waals surface area contributed by atoms with Crippen LogP contribution < -0.4 is 4.90 Å². The Morgan fingerprint density at radius 1 is 1.37 bits per heavy atom. The highest BCUT2D eigenvalue weighted by atomic mass is 35.5. The van der Waals surface area contributed by atoms with Gasteiger partial charge in [-0.3, -0.25) is 9.89 Å². The highest BCUT2D eigenvalue weighted by Crippen LogP contribution is 2.24.